The minimum Gasteiger partial charge on any atom is -1.00 e. The molecule has 1 N–H and O–H groups in total. The maximum absolute atomic E-state index is 12.7. The number of nitrogens with zero attached hydrogens (tertiary/aromatic N) is 1. The maximum Gasteiger partial charge on any atom is 0.310 e. The maximum atomic E-state index is 12.7. The molecule has 0 amide bonds. The zero-order valence-corrected chi connectivity index (χ0v) is 30.0. The Bertz CT molecular complexity index is 616. The van der Waals surface area contributed by atoms with Gasteiger partial charge in [-0.05, 0) is 19.8 Å². The molecule has 2 atom stereocenters. The summed E-state index contributed by atoms with van der Waals surface area (Å²) in [6, 6.07) is 0. The normalized spacial score (nSPS) is 12.9. The molecule has 0 bridgehead atoms. The van der Waals surface area contributed by atoms with Crippen molar-refractivity contribution in [1.29, 1.82) is 0 Å². The lowest BCUT2D eigenvalue weighted by Crippen LogP contribution is -3.00. The fourth-order valence-corrected chi connectivity index (χ4v) is 5.58. The molecule has 252 valence electrons. The van der Waals surface area contributed by atoms with Crippen LogP contribution in [0.2, 0.25) is 0 Å². The van der Waals surface area contributed by atoms with Crippen LogP contribution in [0.1, 0.15) is 175 Å². The van der Waals surface area contributed by atoms with E-state index in [4.69, 9.17) is 9.47 Å². The van der Waals surface area contributed by atoms with Crippen LogP contribution in [0.25, 0.3) is 0 Å². The molecule has 0 aromatic heterocycles. The van der Waals surface area contributed by atoms with Crippen LogP contribution in [0.4, 0.5) is 0 Å². The molecule has 7 heteroatoms. The molecule has 0 rings (SSSR count). The zero-order chi connectivity index (χ0) is 30.6. The molecular weight excluding hydrogens is 594 g/mol. The lowest BCUT2D eigenvalue weighted by Gasteiger charge is -2.38. The van der Waals surface area contributed by atoms with Gasteiger partial charge in [0.1, 0.15) is 6.54 Å². The molecule has 0 saturated carbocycles. The van der Waals surface area contributed by atoms with E-state index >= 15 is 0 Å². The van der Waals surface area contributed by atoms with Crippen LogP contribution in [0.3, 0.4) is 0 Å². The van der Waals surface area contributed by atoms with Crippen LogP contribution in [0.15, 0.2) is 0 Å². The molecule has 0 fully saturated rings. The molecule has 0 spiro atoms. The summed E-state index contributed by atoms with van der Waals surface area (Å²) in [4.78, 5) is 25.3. The Labute approximate surface area is 271 Å². The quantitative estimate of drug-likeness (QED) is 0.0425. The van der Waals surface area contributed by atoms with Crippen molar-refractivity contribution in [3.63, 3.8) is 0 Å². The van der Waals surface area contributed by atoms with Gasteiger partial charge in [-0.2, -0.15) is 0 Å². The molecule has 0 aromatic rings. The van der Waals surface area contributed by atoms with Crippen molar-refractivity contribution in [2.24, 2.45) is 0 Å². The molecular formula is C35H70BrNO5. The van der Waals surface area contributed by atoms with Gasteiger partial charge >= 0.3 is 11.9 Å². The van der Waals surface area contributed by atoms with E-state index in [-0.39, 0.29) is 40.0 Å². The summed E-state index contributed by atoms with van der Waals surface area (Å²) in [6.45, 7) is 6.69. The first-order valence-corrected chi connectivity index (χ1v) is 17.6. The smallest absolute Gasteiger partial charge is 0.310 e. The lowest BCUT2D eigenvalue weighted by molar-refractivity contribution is -0.938. The van der Waals surface area contributed by atoms with Gasteiger partial charge in [-0.25, -0.2) is 0 Å². The second-order valence-corrected chi connectivity index (χ2v) is 12.9. The third kappa shape index (κ3) is 25.8. The highest BCUT2D eigenvalue weighted by molar-refractivity contribution is 5.70. The van der Waals surface area contributed by atoms with Gasteiger partial charge in [0.2, 0.25) is 0 Å². The van der Waals surface area contributed by atoms with Crippen molar-refractivity contribution in [3.05, 3.63) is 0 Å². The van der Waals surface area contributed by atoms with Gasteiger partial charge in [0.25, 0.3) is 6.23 Å². The standard InChI is InChI=1S/C35H70NO5.BrH/c1-6-8-10-12-14-16-18-20-22-24-26-28-33(38)40-32(3)35(36(4,5)30-31-37)41-34(39)29-27-25-23-21-19-17-15-13-11-9-7-2;/h32,35,37H,6-31H2,1-5H3;1H/q+1;/p-1. The summed E-state index contributed by atoms with van der Waals surface area (Å²) in [6.07, 6.45) is 26.8. The number of halogens is 1. The van der Waals surface area contributed by atoms with Crippen LogP contribution in [0.5, 0.6) is 0 Å². The van der Waals surface area contributed by atoms with Crippen LogP contribution in [-0.2, 0) is 19.1 Å². The second kappa shape index (κ2) is 30.4. The molecule has 0 radical (unpaired) electrons. The number of carbonyl (C=O) groups excluding carboxylic acids is 2. The topological polar surface area (TPSA) is 72.8 Å². The first-order valence-electron chi connectivity index (χ1n) is 17.6. The predicted octanol–water partition coefficient (Wildman–Crippen LogP) is 6.26. The first kappa shape index (κ1) is 43.5. The minimum absolute atomic E-state index is 0. The van der Waals surface area contributed by atoms with E-state index in [1.165, 1.54) is 103 Å². The number of ether oxygens (including phenoxy) is 2. The average molecular weight is 665 g/mol. The Morgan fingerprint density at radius 3 is 1.21 bits per heavy atom. The third-order valence-corrected chi connectivity index (χ3v) is 8.31. The number of rotatable bonds is 30. The van der Waals surface area contributed by atoms with E-state index in [2.05, 4.69) is 13.8 Å². The van der Waals surface area contributed by atoms with Crippen molar-refractivity contribution in [2.45, 2.75) is 187 Å². The van der Waals surface area contributed by atoms with Gasteiger partial charge in [0.05, 0.1) is 20.7 Å². The van der Waals surface area contributed by atoms with E-state index in [1.807, 2.05) is 14.1 Å². The van der Waals surface area contributed by atoms with Crippen LogP contribution in [-0.4, -0.2) is 61.1 Å². The van der Waals surface area contributed by atoms with Gasteiger partial charge in [-0.1, -0.05) is 142 Å². The Morgan fingerprint density at radius 2 is 0.881 bits per heavy atom. The molecule has 0 heterocycles. The number of hydrogen-bond acceptors (Lipinski definition) is 5. The lowest BCUT2D eigenvalue weighted by atomic mass is 10.1. The minimum atomic E-state index is -0.636. The number of quaternary nitrogens is 1. The molecule has 6 nitrogen and oxygen atoms in total. The zero-order valence-electron chi connectivity index (χ0n) is 28.4. The number of likely N-dealkylation sites (N-methyl/N-ethyl adjacent to an activating group) is 1. The van der Waals surface area contributed by atoms with Gasteiger partial charge < -0.3 is 31.6 Å². The summed E-state index contributed by atoms with van der Waals surface area (Å²) in [5.41, 5.74) is 0. The molecule has 2 unspecified atom stereocenters. The molecule has 0 saturated heterocycles. The number of esters is 2. The molecule has 0 aliphatic heterocycles. The van der Waals surface area contributed by atoms with Crippen molar-refractivity contribution in [3.8, 4) is 0 Å². The summed E-state index contributed by atoms with van der Waals surface area (Å²) in [7, 11) is 3.81. The van der Waals surface area contributed by atoms with Crippen molar-refractivity contribution < 1.29 is 45.6 Å². The Morgan fingerprint density at radius 1 is 0.571 bits per heavy atom. The van der Waals surface area contributed by atoms with Crippen molar-refractivity contribution in [1.82, 2.24) is 0 Å². The number of hydrogen-bond donors (Lipinski definition) is 1. The van der Waals surface area contributed by atoms with E-state index in [0.29, 0.717) is 19.4 Å². The molecule has 0 aromatic carbocycles. The molecule has 42 heavy (non-hydrogen) atoms. The second-order valence-electron chi connectivity index (χ2n) is 12.9. The van der Waals surface area contributed by atoms with E-state index in [9.17, 15) is 14.7 Å². The summed E-state index contributed by atoms with van der Waals surface area (Å²) in [5, 5.41) is 9.57. The monoisotopic (exact) mass is 663 g/mol. The van der Waals surface area contributed by atoms with Crippen LogP contribution in [0, 0.1) is 0 Å². The SMILES string of the molecule is CCCCCCCCCCCCCC(=O)OC(C)C(OC(=O)CCCCCCCCCCCCC)[N+](C)(C)CCO.[Br-]. The third-order valence-electron chi connectivity index (χ3n) is 8.31. The van der Waals surface area contributed by atoms with Crippen LogP contribution < -0.4 is 17.0 Å². The van der Waals surface area contributed by atoms with Crippen molar-refractivity contribution >= 4 is 11.9 Å². The summed E-state index contributed by atoms with van der Waals surface area (Å²) >= 11 is 0. The predicted molar refractivity (Wildman–Crippen MR) is 172 cm³/mol. The van der Waals surface area contributed by atoms with Gasteiger partial charge in [-0.3, -0.25) is 14.1 Å². The Kier molecular flexibility index (Phi) is 31.4. The fourth-order valence-electron chi connectivity index (χ4n) is 5.58. The summed E-state index contributed by atoms with van der Waals surface area (Å²) in [5.74, 6) is -0.479. The van der Waals surface area contributed by atoms with E-state index in [1.54, 1.807) is 6.92 Å². The Balaban J connectivity index is 0. The number of carbonyl (C=O) groups is 2. The van der Waals surface area contributed by atoms with E-state index in [0.717, 1.165) is 38.5 Å². The molecule has 0 aliphatic rings. The Hall–Kier alpha value is -0.660. The fraction of sp³-hybridized carbons (Fsp3) is 0.943. The highest BCUT2D eigenvalue weighted by Gasteiger charge is 2.38. The van der Waals surface area contributed by atoms with Gasteiger partial charge in [0, 0.05) is 12.8 Å². The van der Waals surface area contributed by atoms with Crippen molar-refractivity contribution in [2.75, 3.05) is 27.2 Å². The van der Waals surface area contributed by atoms with Gasteiger partial charge in [0.15, 0.2) is 6.10 Å². The number of unbranched alkanes of at least 4 members (excludes halogenated alkanes) is 20. The summed E-state index contributed by atoms with van der Waals surface area (Å²) < 4.78 is 11.9. The molecule has 0 aliphatic carbocycles. The average Bonchev–Trinajstić information content (AvgIpc) is 2.93. The number of aliphatic hydroxyl groups excluding tert-OH is 1. The van der Waals surface area contributed by atoms with E-state index < -0.39 is 12.3 Å². The number of aliphatic hydroxyl groups is 1. The first-order chi connectivity index (χ1) is 19.8. The highest BCUT2D eigenvalue weighted by Crippen LogP contribution is 2.19. The van der Waals surface area contributed by atoms with Gasteiger partial charge in [-0.15, -0.1) is 0 Å². The largest absolute Gasteiger partial charge is 1.00 e. The highest BCUT2D eigenvalue weighted by atomic mass is 79.9. The van der Waals surface area contributed by atoms with Crippen LogP contribution >= 0.6 is 0 Å².